The van der Waals surface area contributed by atoms with Gasteiger partial charge in [-0.3, -0.25) is 4.79 Å². The third kappa shape index (κ3) is 2.12. The Morgan fingerprint density at radius 1 is 1.33 bits per heavy atom. The molecule has 5 nitrogen and oxygen atoms in total. The molecule has 2 fully saturated rings. The molecule has 0 unspecified atom stereocenters. The van der Waals surface area contributed by atoms with Gasteiger partial charge in [-0.05, 0) is 60.8 Å². The maximum Gasteiger partial charge on any atom is 0.190 e. The van der Waals surface area contributed by atoms with Gasteiger partial charge in [0.25, 0.3) is 0 Å². The van der Waals surface area contributed by atoms with E-state index in [0.29, 0.717) is 30.4 Å². The van der Waals surface area contributed by atoms with Crippen molar-refractivity contribution in [2.75, 3.05) is 6.61 Å². The molecule has 148 valence electrons. The van der Waals surface area contributed by atoms with E-state index in [9.17, 15) is 25.2 Å². The second kappa shape index (κ2) is 5.75. The van der Waals surface area contributed by atoms with Crippen LogP contribution in [0.3, 0.4) is 0 Å². The van der Waals surface area contributed by atoms with Gasteiger partial charge in [-0.1, -0.05) is 19.9 Å². The summed E-state index contributed by atoms with van der Waals surface area (Å²) in [4.78, 5) is 12.5. The Morgan fingerprint density at radius 3 is 2.70 bits per heavy atom. The molecule has 0 radical (unpaired) electrons. The number of halogens is 1. The lowest BCUT2D eigenvalue weighted by molar-refractivity contribution is -0.201. The standard InChI is InChI=1S/C21H27FO5/c1-11-7-16-15-5-3-12-8-13(24)4-6-14(12)20(15,22)17(25)9-19(16,2)21(11,27)18(26)10-23/h4,6,8,11,15-17,23-25,27H,3,5,7,9-10H2,1-2H3/t11-,15+,16+,17+,19+,20+,21+/m1/s1. The van der Waals surface area contributed by atoms with Crippen LogP contribution < -0.4 is 0 Å². The molecule has 1 aromatic rings. The lowest BCUT2D eigenvalue weighted by Crippen LogP contribution is -2.64. The molecule has 0 saturated heterocycles. The number of alkyl halides is 1. The first-order valence-corrected chi connectivity index (χ1v) is 9.66. The lowest BCUT2D eigenvalue weighted by atomic mass is 9.50. The van der Waals surface area contributed by atoms with E-state index < -0.39 is 47.0 Å². The van der Waals surface area contributed by atoms with E-state index in [1.807, 2.05) is 0 Å². The zero-order chi connectivity index (χ0) is 19.8. The first-order valence-electron chi connectivity index (χ1n) is 9.66. The number of aromatic hydroxyl groups is 1. The fourth-order valence-corrected chi connectivity index (χ4v) is 6.64. The van der Waals surface area contributed by atoms with Crippen molar-refractivity contribution >= 4 is 5.78 Å². The number of aliphatic hydroxyl groups is 3. The van der Waals surface area contributed by atoms with Crippen LogP contribution in [0.15, 0.2) is 18.2 Å². The summed E-state index contributed by atoms with van der Waals surface area (Å²) in [6.07, 6.45) is 0.0727. The number of aryl methyl sites for hydroxylation is 1. The van der Waals surface area contributed by atoms with Gasteiger partial charge < -0.3 is 20.4 Å². The van der Waals surface area contributed by atoms with Crippen LogP contribution in [0.1, 0.15) is 44.2 Å². The second-order valence-electron chi connectivity index (χ2n) is 8.98. The van der Waals surface area contributed by atoms with Crippen LogP contribution >= 0.6 is 0 Å². The third-order valence-electron chi connectivity index (χ3n) is 7.93. The summed E-state index contributed by atoms with van der Waals surface area (Å²) in [6, 6.07) is 4.54. The van der Waals surface area contributed by atoms with Crippen LogP contribution in [0.5, 0.6) is 5.75 Å². The zero-order valence-corrected chi connectivity index (χ0v) is 15.7. The van der Waals surface area contributed by atoms with Crippen LogP contribution in [0, 0.1) is 23.2 Å². The summed E-state index contributed by atoms with van der Waals surface area (Å²) in [5.74, 6) is -1.83. The number of hydrogen-bond acceptors (Lipinski definition) is 5. The second-order valence-corrected chi connectivity index (χ2v) is 8.98. The number of fused-ring (bicyclic) bond motifs is 5. The van der Waals surface area contributed by atoms with E-state index in [2.05, 4.69) is 0 Å². The Morgan fingerprint density at radius 2 is 2.04 bits per heavy atom. The van der Waals surface area contributed by atoms with Crippen molar-refractivity contribution in [1.29, 1.82) is 0 Å². The number of hydrogen-bond donors (Lipinski definition) is 4. The number of Topliss-reactive ketones (excluding diaryl/α,β-unsaturated/α-hetero) is 1. The highest BCUT2D eigenvalue weighted by Crippen LogP contribution is 2.68. The molecule has 0 spiro atoms. The highest BCUT2D eigenvalue weighted by Gasteiger charge is 2.72. The monoisotopic (exact) mass is 378 g/mol. The Kier molecular flexibility index (Phi) is 4.01. The van der Waals surface area contributed by atoms with Crippen LogP contribution in [-0.2, 0) is 16.9 Å². The number of phenolic OH excluding ortho intramolecular Hbond substituents is 1. The predicted octanol–water partition coefficient (Wildman–Crippen LogP) is 1.84. The fraction of sp³-hybridized carbons (Fsp3) is 0.667. The van der Waals surface area contributed by atoms with Crippen molar-refractivity contribution in [3.63, 3.8) is 0 Å². The average molecular weight is 378 g/mol. The van der Waals surface area contributed by atoms with Gasteiger partial charge in [0.1, 0.15) is 18.0 Å². The fourth-order valence-electron chi connectivity index (χ4n) is 6.64. The maximum atomic E-state index is 16.5. The Labute approximate surface area is 157 Å². The molecule has 0 aromatic heterocycles. The molecule has 27 heavy (non-hydrogen) atoms. The predicted molar refractivity (Wildman–Crippen MR) is 95.7 cm³/mol. The summed E-state index contributed by atoms with van der Waals surface area (Å²) in [5.41, 5.74) is -3.64. The number of carbonyl (C=O) groups is 1. The van der Waals surface area contributed by atoms with E-state index in [1.54, 1.807) is 26.0 Å². The smallest absolute Gasteiger partial charge is 0.190 e. The minimum atomic E-state index is -1.97. The van der Waals surface area contributed by atoms with Gasteiger partial charge >= 0.3 is 0 Å². The average Bonchev–Trinajstić information content (AvgIpc) is 2.82. The normalized spacial score (nSPS) is 45.7. The summed E-state index contributed by atoms with van der Waals surface area (Å²) < 4.78 is 16.5. The van der Waals surface area contributed by atoms with Gasteiger partial charge in [-0.15, -0.1) is 0 Å². The van der Waals surface area contributed by atoms with Gasteiger partial charge in [-0.25, -0.2) is 4.39 Å². The Hall–Kier alpha value is -1.50. The minimum Gasteiger partial charge on any atom is -0.508 e. The molecule has 3 aliphatic carbocycles. The van der Waals surface area contributed by atoms with Crippen LogP contribution in [-0.4, -0.2) is 44.5 Å². The molecule has 4 rings (SSSR count). The minimum absolute atomic E-state index is 0.0580. The molecule has 6 heteroatoms. The van der Waals surface area contributed by atoms with Crippen LogP contribution in [0.2, 0.25) is 0 Å². The van der Waals surface area contributed by atoms with Crippen LogP contribution in [0.25, 0.3) is 0 Å². The molecular weight excluding hydrogens is 351 g/mol. The summed E-state index contributed by atoms with van der Waals surface area (Å²) >= 11 is 0. The van der Waals surface area contributed by atoms with E-state index >= 15 is 4.39 Å². The lowest BCUT2D eigenvalue weighted by Gasteiger charge is -2.57. The van der Waals surface area contributed by atoms with E-state index in [0.717, 1.165) is 0 Å². The van der Waals surface area contributed by atoms with E-state index in [1.165, 1.54) is 6.07 Å². The molecular formula is C21H27FO5. The third-order valence-corrected chi connectivity index (χ3v) is 7.93. The van der Waals surface area contributed by atoms with E-state index in [-0.39, 0.29) is 18.1 Å². The van der Waals surface area contributed by atoms with Gasteiger partial charge in [-0.2, -0.15) is 0 Å². The molecule has 0 amide bonds. The topological polar surface area (TPSA) is 98.0 Å². The van der Waals surface area contributed by atoms with Gasteiger partial charge in [0.15, 0.2) is 11.5 Å². The highest BCUT2D eigenvalue weighted by atomic mass is 19.1. The summed E-state index contributed by atoms with van der Waals surface area (Å²) in [6.45, 7) is 2.74. The number of rotatable bonds is 2. The van der Waals surface area contributed by atoms with Gasteiger partial charge in [0.05, 0.1) is 6.10 Å². The number of benzene rings is 1. The van der Waals surface area contributed by atoms with Crippen molar-refractivity contribution in [2.45, 2.75) is 56.9 Å². The number of aliphatic hydroxyl groups excluding tert-OH is 2. The molecule has 7 atom stereocenters. The Balaban J connectivity index is 1.84. The van der Waals surface area contributed by atoms with Crippen LogP contribution in [0.4, 0.5) is 4.39 Å². The number of phenols is 1. The molecule has 4 N–H and O–H groups in total. The van der Waals surface area contributed by atoms with Gasteiger partial charge in [0, 0.05) is 11.3 Å². The first kappa shape index (κ1) is 18.8. The molecule has 0 heterocycles. The SMILES string of the molecule is C[C@@H]1C[C@H]2[C@@H]3CCc4cc(O)ccc4[C@@]3(F)[C@@H](O)C[C@]2(C)[C@@]1(O)C(=O)CO. The summed E-state index contributed by atoms with van der Waals surface area (Å²) in [7, 11) is 0. The molecule has 3 aliphatic rings. The Bertz CT molecular complexity index is 797. The zero-order valence-electron chi connectivity index (χ0n) is 15.7. The quantitative estimate of drug-likeness (QED) is 0.630. The van der Waals surface area contributed by atoms with Crippen molar-refractivity contribution in [3.05, 3.63) is 29.3 Å². The molecule has 1 aromatic carbocycles. The largest absolute Gasteiger partial charge is 0.508 e. The number of carbonyl (C=O) groups excluding carboxylic acids is 1. The van der Waals surface area contributed by atoms with E-state index in [4.69, 9.17) is 0 Å². The summed E-state index contributed by atoms with van der Waals surface area (Å²) in [5, 5.41) is 41.4. The van der Waals surface area contributed by atoms with Crippen molar-refractivity contribution in [1.82, 2.24) is 0 Å². The number of ketones is 1. The van der Waals surface area contributed by atoms with Crippen molar-refractivity contribution < 1.29 is 29.6 Å². The molecule has 0 bridgehead atoms. The molecule has 0 aliphatic heterocycles. The van der Waals surface area contributed by atoms with Crippen molar-refractivity contribution in [3.8, 4) is 5.75 Å². The first-order chi connectivity index (χ1) is 12.6. The van der Waals surface area contributed by atoms with Crippen molar-refractivity contribution in [2.24, 2.45) is 23.2 Å². The molecule has 2 saturated carbocycles. The maximum absolute atomic E-state index is 16.5. The van der Waals surface area contributed by atoms with Gasteiger partial charge in [0.2, 0.25) is 0 Å². The highest BCUT2D eigenvalue weighted by molar-refractivity contribution is 5.90.